The van der Waals surface area contributed by atoms with E-state index < -0.39 is 0 Å². The minimum absolute atomic E-state index is 0.656. The summed E-state index contributed by atoms with van der Waals surface area (Å²) < 4.78 is 1.18. The Labute approximate surface area is 124 Å². The summed E-state index contributed by atoms with van der Waals surface area (Å²) in [6, 6.07) is 9.58. The highest BCUT2D eigenvalue weighted by Gasteiger charge is 2.28. The van der Waals surface area contributed by atoms with E-state index in [9.17, 15) is 0 Å². The van der Waals surface area contributed by atoms with Gasteiger partial charge in [-0.2, -0.15) is 0 Å². The number of likely N-dealkylation sites (tertiary alicyclic amines) is 1. The lowest BCUT2D eigenvalue weighted by Crippen LogP contribution is -2.36. The maximum Gasteiger partial charge on any atom is 0.0348 e. The topological polar surface area (TPSA) is 15.3 Å². The van der Waals surface area contributed by atoms with Gasteiger partial charge in [-0.3, -0.25) is 4.90 Å². The minimum Gasteiger partial charge on any atom is -0.317 e. The molecular weight excluding hydrogens is 300 g/mol. The Morgan fingerprint density at radius 2 is 1.84 bits per heavy atom. The summed E-state index contributed by atoms with van der Waals surface area (Å²) in [6.45, 7) is 5.00. The second-order valence-electron chi connectivity index (χ2n) is 5.90. The third-order valence-electron chi connectivity index (χ3n) is 4.57. The number of hydrogen-bond donors (Lipinski definition) is 1. The van der Waals surface area contributed by atoms with Gasteiger partial charge in [-0.15, -0.1) is 0 Å². The van der Waals surface area contributed by atoms with Crippen LogP contribution in [0.25, 0.3) is 0 Å². The molecule has 0 saturated carbocycles. The fraction of sp³-hybridized carbons (Fsp3) is 0.625. The first-order valence-corrected chi connectivity index (χ1v) is 8.32. The van der Waals surface area contributed by atoms with Gasteiger partial charge in [0.05, 0.1) is 0 Å². The van der Waals surface area contributed by atoms with E-state index >= 15 is 0 Å². The summed E-state index contributed by atoms with van der Waals surface area (Å²) in [6.07, 6.45) is 5.38. The van der Waals surface area contributed by atoms with Crippen LogP contribution in [0.4, 0.5) is 0 Å². The molecule has 2 aliphatic rings. The molecule has 1 atom stereocenters. The summed E-state index contributed by atoms with van der Waals surface area (Å²) in [5.41, 5.74) is 1.50. The quantitative estimate of drug-likeness (QED) is 0.914. The second-order valence-corrected chi connectivity index (χ2v) is 6.81. The number of halogens is 1. The first kappa shape index (κ1) is 13.6. The van der Waals surface area contributed by atoms with E-state index in [1.807, 2.05) is 0 Å². The first-order valence-electron chi connectivity index (χ1n) is 7.53. The van der Waals surface area contributed by atoms with Crippen LogP contribution < -0.4 is 5.32 Å². The van der Waals surface area contributed by atoms with Crippen molar-refractivity contribution in [3.05, 3.63) is 34.3 Å². The van der Waals surface area contributed by atoms with Gasteiger partial charge in [0.25, 0.3) is 0 Å². The average Bonchev–Trinajstić information content (AvgIpc) is 2.89. The summed E-state index contributed by atoms with van der Waals surface area (Å²) in [5, 5.41) is 3.47. The maximum absolute atomic E-state index is 3.53. The molecule has 0 spiro atoms. The van der Waals surface area contributed by atoms with Crippen molar-refractivity contribution < 1.29 is 0 Å². The van der Waals surface area contributed by atoms with Crippen LogP contribution in [0.5, 0.6) is 0 Å². The van der Waals surface area contributed by atoms with E-state index in [0.717, 1.165) is 5.92 Å². The predicted molar refractivity (Wildman–Crippen MR) is 83.3 cm³/mol. The molecule has 1 N–H and O–H groups in total. The normalized spacial score (nSPS) is 25.8. The Kier molecular flexibility index (Phi) is 4.57. The molecule has 19 heavy (non-hydrogen) atoms. The Bertz CT molecular complexity index is 398. The molecule has 2 saturated heterocycles. The highest BCUT2D eigenvalue weighted by atomic mass is 79.9. The molecule has 0 bridgehead atoms. The summed E-state index contributed by atoms with van der Waals surface area (Å²) >= 11 is 3.53. The van der Waals surface area contributed by atoms with Gasteiger partial charge in [0.15, 0.2) is 0 Å². The van der Waals surface area contributed by atoms with Crippen molar-refractivity contribution in [1.29, 1.82) is 0 Å². The lowest BCUT2D eigenvalue weighted by molar-refractivity contribution is 0.193. The van der Waals surface area contributed by atoms with E-state index in [2.05, 4.69) is 50.4 Å². The number of nitrogens with zero attached hydrogens (tertiary/aromatic N) is 1. The Balaban J connectivity index is 1.65. The number of nitrogens with one attached hydrogen (secondary N) is 1. The van der Waals surface area contributed by atoms with Crippen molar-refractivity contribution in [2.24, 2.45) is 5.92 Å². The van der Waals surface area contributed by atoms with Gasteiger partial charge < -0.3 is 5.32 Å². The average molecular weight is 323 g/mol. The van der Waals surface area contributed by atoms with Crippen LogP contribution in [-0.4, -0.2) is 31.1 Å². The van der Waals surface area contributed by atoms with Gasteiger partial charge >= 0.3 is 0 Å². The van der Waals surface area contributed by atoms with Crippen LogP contribution in [-0.2, 0) is 0 Å². The van der Waals surface area contributed by atoms with Crippen molar-refractivity contribution in [3.63, 3.8) is 0 Å². The third-order valence-corrected chi connectivity index (χ3v) is 5.10. The summed E-state index contributed by atoms with van der Waals surface area (Å²) in [4.78, 5) is 2.72. The van der Waals surface area contributed by atoms with Gasteiger partial charge in [0.1, 0.15) is 0 Å². The Hall–Kier alpha value is -0.380. The smallest absolute Gasteiger partial charge is 0.0348 e. The molecule has 2 fully saturated rings. The van der Waals surface area contributed by atoms with Gasteiger partial charge in [-0.25, -0.2) is 0 Å². The molecule has 0 aromatic heterocycles. The largest absolute Gasteiger partial charge is 0.317 e. The summed E-state index contributed by atoms with van der Waals surface area (Å²) in [5.74, 6) is 0.900. The predicted octanol–water partition coefficient (Wildman–Crippen LogP) is 3.59. The van der Waals surface area contributed by atoms with E-state index in [4.69, 9.17) is 0 Å². The van der Waals surface area contributed by atoms with E-state index in [1.54, 1.807) is 0 Å². The monoisotopic (exact) mass is 322 g/mol. The molecule has 0 amide bonds. The lowest BCUT2D eigenvalue weighted by atomic mass is 9.96. The summed E-state index contributed by atoms with van der Waals surface area (Å²) in [7, 11) is 0. The first-order chi connectivity index (χ1) is 9.33. The van der Waals surface area contributed by atoms with Crippen molar-refractivity contribution in [2.75, 3.05) is 26.2 Å². The van der Waals surface area contributed by atoms with Crippen molar-refractivity contribution in [2.45, 2.75) is 31.7 Å². The van der Waals surface area contributed by atoms with Crippen LogP contribution in [0.15, 0.2) is 28.7 Å². The zero-order chi connectivity index (χ0) is 13.1. The van der Waals surface area contributed by atoms with Gasteiger partial charge in [0, 0.05) is 17.1 Å². The third kappa shape index (κ3) is 3.39. The number of hydrogen-bond acceptors (Lipinski definition) is 2. The molecule has 1 aromatic carbocycles. The standard InChI is InChI=1S/C16H23BrN2/c17-15-5-3-14(4-6-15)16-2-1-11-19(16)12-13-7-9-18-10-8-13/h3-6,13,16,18H,1-2,7-12H2. The number of benzene rings is 1. The van der Waals surface area contributed by atoms with Crippen LogP contribution >= 0.6 is 15.9 Å². The molecule has 0 aliphatic carbocycles. The van der Waals surface area contributed by atoms with Crippen molar-refractivity contribution >= 4 is 15.9 Å². The van der Waals surface area contributed by atoms with Crippen molar-refractivity contribution in [1.82, 2.24) is 10.2 Å². The van der Waals surface area contributed by atoms with Crippen LogP contribution in [0.2, 0.25) is 0 Å². The van der Waals surface area contributed by atoms with Crippen LogP contribution in [0, 0.1) is 5.92 Å². The van der Waals surface area contributed by atoms with Crippen molar-refractivity contribution in [3.8, 4) is 0 Å². The van der Waals surface area contributed by atoms with Gasteiger partial charge in [0.2, 0.25) is 0 Å². The molecule has 104 valence electrons. The SMILES string of the molecule is Brc1ccc(C2CCCN2CC2CCNCC2)cc1. The highest BCUT2D eigenvalue weighted by molar-refractivity contribution is 9.10. The molecule has 1 aromatic rings. The zero-order valence-electron chi connectivity index (χ0n) is 11.4. The molecule has 2 aliphatic heterocycles. The maximum atomic E-state index is 3.53. The fourth-order valence-corrected chi connectivity index (χ4v) is 3.77. The lowest BCUT2D eigenvalue weighted by Gasteiger charge is -2.31. The zero-order valence-corrected chi connectivity index (χ0v) is 13.0. The van der Waals surface area contributed by atoms with Gasteiger partial charge in [-0.05, 0) is 68.9 Å². The van der Waals surface area contributed by atoms with E-state index in [-0.39, 0.29) is 0 Å². The van der Waals surface area contributed by atoms with E-state index in [1.165, 1.54) is 61.9 Å². The molecule has 3 rings (SSSR count). The number of rotatable bonds is 3. The Morgan fingerprint density at radius 1 is 1.11 bits per heavy atom. The molecule has 0 radical (unpaired) electrons. The molecular formula is C16H23BrN2. The number of piperidine rings is 1. The molecule has 1 unspecified atom stereocenters. The minimum atomic E-state index is 0.656. The highest BCUT2D eigenvalue weighted by Crippen LogP contribution is 2.33. The Morgan fingerprint density at radius 3 is 2.58 bits per heavy atom. The fourth-order valence-electron chi connectivity index (χ4n) is 3.50. The molecule has 3 heteroatoms. The van der Waals surface area contributed by atoms with E-state index in [0.29, 0.717) is 6.04 Å². The second kappa shape index (κ2) is 6.38. The van der Waals surface area contributed by atoms with Gasteiger partial charge in [-0.1, -0.05) is 28.1 Å². The van der Waals surface area contributed by atoms with Crippen LogP contribution in [0.1, 0.15) is 37.3 Å². The molecule has 2 heterocycles. The molecule has 2 nitrogen and oxygen atoms in total. The van der Waals surface area contributed by atoms with Crippen LogP contribution in [0.3, 0.4) is 0 Å².